The standard InChI is InChI=1S/C19H30N2O4/c1-7-10-20(18(23)9-3)13-17(6)25-14-15(4)19(24)21(11-8-2)12-16(5)22/h7-9,14,16-17,22H,1-3,10-13H2,4-6H3/b15-14+. The van der Waals surface area contributed by atoms with E-state index in [9.17, 15) is 14.7 Å². The second-order valence-electron chi connectivity index (χ2n) is 5.83. The molecule has 0 heterocycles. The lowest BCUT2D eigenvalue weighted by Crippen LogP contribution is -2.37. The van der Waals surface area contributed by atoms with E-state index >= 15 is 0 Å². The number of hydrogen-bond donors (Lipinski definition) is 1. The molecule has 2 amide bonds. The lowest BCUT2D eigenvalue weighted by molar-refractivity contribution is -0.128. The van der Waals surface area contributed by atoms with Gasteiger partial charge in [0.2, 0.25) is 5.91 Å². The smallest absolute Gasteiger partial charge is 0.252 e. The number of nitrogens with zero attached hydrogens (tertiary/aromatic N) is 2. The maximum atomic E-state index is 12.4. The van der Waals surface area contributed by atoms with E-state index < -0.39 is 6.10 Å². The summed E-state index contributed by atoms with van der Waals surface area (Å²) in [5.41, 5.74) is 0.402. The van der Waals surface area contributed by atoms with Gasteiger partial charge in [0, 0.05) is 25.2 Å². The monoisotopic (exact) mass is 350 g/mol. The number of carbonyl (C=O) groups excluding carboxylic acids is 2. The molecule has 0 spiro atoms. The predicted octanol–water partition coefficient (Wildman–Crippen LogP) is 1.89. The molecule has 0 aliphatic heterocycles. The largest absolute Gasteiger partial charge is 0.496 e. The summed E-state index contributed by atoms with van der Waals surface area (Å²) in [7, 11) is 0. The van der Waals surface area contributed by atoms with Crippen LogP contribution in [0.15, 0.2) is 49.8 Å². The third-order valence-electron chi connectivity index (χ3n) is 3.25. The molecule has 6 nitrogen and oxygen atoms in total. The fourth-order valence-electron chi connectivity index (χ4n) is 2.13. The van der Waals surface area contributed by atoms with Gasteiger partial charge in [-0.3, -0.25) is 9.59 Å². The van der Waals surface area contributed by atoms with Crippen LogP contribution in [-0.2, 0) is 14.3 Å². The Morgan fingerprint density at radius 3 is 2.12 bits per heavy atom. The number of aliphatic hydroxyl groups excluding tert-OH is 1. The average Bonchev–Trinajstić information content (AvgIpc) is 2.57. The first-order chi connectivity index (χ1) is 11.8. The van der Waals surface area contributed by atoms with Crippen molar-refractivity contribution in [2.45, 2.75) is 33.0 Å². The minimum atomic E-state index is -0.631. The predicted molar refractivity (Wildman–Crippen MR) is 99.7 cm³/mol. The lowest BCUT2D eigenvalue weighted by atomic mass is 10.2. The molecular weight excluding hydrogens is 320 g/mol. The van der Waals surface area contributed by atoms with E-state index in [2.05, 4.69) is 19.7 Å². The third kappa shape index (κ3) is 8.91. The molecule has 2 unspecified atom stereocenters. The van der Waals surface area contributed by atoms with Gasteiger partial charge in [0.15, 0.2) is 0 Å². The molecule has 0 radical (unpaired) electrons. The zero-order valence-electron chi connectivity index (χ0n) is 15.5. The first-order valence-corrected chi connectivity index (χ1v) is 8.19. The van der Waals surface area contributed by atoms with Crippen LogP contribution in [0.4, 0.5) is 0 Å². The molecular formula is C19H30N2O4. The van der Waals surface area contributed by atoms with Crippen LogP contribution in [0.1, 0.15) is 20.8 Å². The van der Waals surface area contributed by atoms with Gasteiger partial charge in [-0.15, -0.1) is 13.2 Å². The quantitative estimate of drug-likeness (QED) is 0.331. The summed E-state index contributed by atoms with van der Waals surface area (Å²) in [5.74, 6) is -0.445. The van der Waals surface area contributed by atoms with Gasteiger partial charge in [0.05, 0.1) is 18.9 Å². The minimum Gasteiger partial charge on any atom is -0.496 e. The van der Waals surface area contributed by atoms with Crippen molar-refractivity contribution in [3.8, 4) is 0 Å². The Labute approximate surface area is 150 Å². The summed E-state index contributed by atoms with van der Waals surface area (Å²) in [5, 5.41) is 9.49. The van der Waals surface area contributed by atoms with Gasteiger partial charge in [-0.1, -0.05) is 18.7 Å². The number of hydrogen-bond acceptors (Lipinski definition) is 4. The van der Waals surface area contributed by atoms with Crippen molar-refractivity contribution in [1.82, 2.24) is 9.80 Å². The normalized spacial score (nSPS) is 13.4. The van der Waals surface area contributed by atoms with Crippen LogP contribution in [0.3, 0.4) is 0 Å². The minimum absolute atomic E-state index is 0.207. The van der Waals surface area contributed by atoms with Crippen LogP contribution < -0.4 is 0 Å². The van der Waals surface area contributed by atoms with Crippen LogP contribution in [0, 0.1) is 0 Å². The first kappa shape index (κ1) is 22.7. The van der Waals surface area contributed by atoms with Gasteiger partial charge < -0.3 is 19.6 Å². The van der Waals surface area contributed by atoms with Crippen molar-refractivity contribution >= 4 is 11.8 Å². The van der Waals surface area contributed by atoms with E-state index in [-0.39, 0.29) is 24.5 Å². The maximum Gasteiger partial charge on any atom is 0.252 e. The summed E-state index contributed by atoms with van der Waals surface area (Å²) < 4.78 is 5.57. The van der Waals surface area contributed by atoms with Gasteiger partial charge in [-0.2, -0.15) is 0 Å². The van der Waals surface area contributed by atoms with Gasteiger partial charge in [0.25, 0.3) is 5.91 Å². The molecule has 25 heavy (non-hydrogen) atoms. The molecule has 0 bridgehead atoms. The second kappa shape index (κ2) is 12.1. The van der Waals surface area contributed by atoms with E-state index in [1.165, 1.54) is 17.2 Å². The number of rotatable bonds is 12. The van der Waals surface area contributed by atoms with Gasteiger partial charge in [-0.25, -0.2) is 0 Å². The highest BCUT2D eigenvalue weighted by atomic mass is 16.5. The summed E-state index contributed by atoms with van der Waals surface area (Å²) in [6.07, 6.45) is 4.91. The van der Waals surface area contributed by atoms with Crippen molar-refractivity contribution < 1.29 is 19.4 Å². The highest BCUT2D eigenvalue weighted by Gasteiger charge is 2.17. The van der Waals surface area contributed by atoms with Crippen molar-refractivity contribution in [2.24, 2.45) is 0 Å². The van der Waals surface area contributed by atoms with Crippen molar-refractivity contribution in [1.29, 1.82) is 0 Å². The maximum absolute atomic E-state index is 12.4. The zero-order chi connectivity index (χ0) is 19.4. The van der Waals surface area contributed by atoms with Crippen LogP contribution in [-0.4, -0.2) is 65.1 Å². The number of carbonyl (C=O) groups is 2. The van der Waals surface area contributed by atoms with Gasteiger partial charge >= 0.3 is 0 Å². The fourth-order valence-corrected chi connectivity index (χ4v) is 2.13. The van der Waals surface area contributed by atoms with Crippen LogP contribution in [0.25, 0.3) is 0 Å². The first-order valence-electron chi connectivity index (χ1n) is 8.19. The van der Waals surface area contributed by atoms with E-state index in [1.54, 1.807) is 37.8 Å². The summed E-state index contributed by atoms with van der Waals surface area (Å²) >= 11 is 0. The van der Waals surface area contributed by atoms with Gasteiger partial charge in [-0.05, 0) is 26.8 Å². The molecule has 0 aliphatic carbocycles. The molecule has 0 rings (SSSR count). The van der Waals surface area contributed by atoms with Crippen LogP contribution >= 0.6 is 0 Å². The average molecular weight is 350 g/mol. The third-order valence-corrected chi connectivity index (χ3v) is 3.25. The molecule has 140 valence electrons. The molecule has 2 atom stereocenters. The topological polar surface area (TPSA) is 70.1 Å². The summed E-state index contributed by atoms with van der Waals surface area (Å²) in [6.45, 7) is 17.1. The van der Waals surface area contributed by atoms with Crippen LogP contribution in [0.2, 0.25) is 0 Å². The second-order valence-corrected chi connectivity index (χ2v) is 5.83. The van der Waals surface area contributed by atoms with Crippen LogP contribution in [0.5, 0.6) is 0 Å². The Morgan fingerprint density at radius 1 is 1.08 bits per heavy atom. The number of amides is 2. The Morgan fingerprint density at radius 2 is 1.64 bits per heavy atom. The summed E-state index contributed by atoms with van der Waals surface area (Å²) in [6, 6.07) is 0. The molecule has 0 aromatic carbocycles. The fraction of sp³-hybridized carbons (Fsp3) is 0.474. The van der Waals surface area contributed by atoms with E-state index in [0.717, 1.165) is 0 Å². The Bertz CT molecular complexity index is 512. The van der Waals surface area contributed by atoms with E-state index in [0.29, 0.717) is 25.2 Å². The molecule has 0 aliphatic rings. The molecule has 6 heteroatoms. The Balaban J connectivity index is 4.82. The highest BCUT2D eigenvalue weighted by Crippen LogP contribution is 2.06. The van der Waals surface area contributed by atoms with Crippen molar-refractivity contribution in [3.63, 3.8) is 0 Å². The molecule has 0 saturated heterocycles. The Hall–Kier alpha value is -2.34. The molecule has 0 aromatic heterocycles. The number of aliphatic hydroxyl groups is 1. The molecule has 0 saturated carbocycles. The highest BCUT2D eigenvalue weighted by molar-refractivity contribution is 5.92. The molecule has 0 aromatic rings. The molecule has 1 N–H and O–H groups in total. The van der Waals surface area contributed by atoms with E-state index in [1.807, 2.05) is 0 Å². The van der Waals surface area contributed by atoms with E-state index in [4.69, 9.17) is 4.74 Å². The SMILES string of the molecule is C=CCN(CC(C)O/C=C(\C)C(=O)N(CC=C)CC(C)O)C(=O)C=C. The van der Waals surface area contributed by atoms with Crippen molar-refractivity contribution in [2.75, 3.05) is 26.2 Å². The Kier molecular flexibility index (Phi) is 11.0. The van der Waals surface area contributed by atoms with Gasteiger partial charge in [0.1, 0.15) is 6.10 Å². The lowest BCUT2D eigenvalue weighted by Gasteiger charge is -2.24. The summed E-state index contributed by atoms with van der Waals surface area (Å²) in [4.78, 5) is 27.2. The zero-order valence-corrected chi connectivity index (χ0v) is 15.5. The number of ether oxygens (including phenoxy) is 1. The van der Waals surface area contributed by atoms with Crippen molar-refractivity contribution in [3.05, 3.63) is 49.8 Å². The molecule has 0 fully saturated rings.